The van der Waals surface area contributed by atoms with Gasteiger partial charge in [0.15, 0.2) is 0 Å². The maximum Gasteiger partial charge on any atom is 0.313 e. The van der Waals surface area contributed by atoms with Gasteiger partial charge in [-0.15, -0.1) is 11.3 Å². The summed E-state index contributed by atoms with van der Waals surface area (Å²) in [5, 5.41) is 0. The summed E-state index contributed by atoms with van der Waals surface area (Å²) in [6, 6.07) is 0. The number of ether oxygens (including phenoxy) is 1. The van der Waals surface area contributed by atoms with Gasteiger partial charge >= 0.3 is 5.97 Å². The van der Waals surface area contributed by atoms with Crippen molar-refractivity contribution < 1.29 is 9.53 Å². The van der Waals surface area contributed by atoms with Gasteiger partial charge in [0, 0.05) is 24.0 Å². The average molecular weight is 240 g/mol. The van der Waals surface area contributed by atoms with Crippen LogP contribution in [0.4, 0.5) is 0 Å². The molecule has 1 saturated carbocycles. The van der Waals surface area contributed by atoms with Crippen LogP contribution < -0.4 is 5.73 Å². The van der Waals surface area contributed by atoms with Crippen LogP contribution in [0.15, 0.2) is 11.7 Å². The first-order valence-corrected chi connectivity index (χ1v) is 6.27. The van der Waals surface area contributed by atoms with Gasteiger partial charge in [-0.3, -0.25) is 9.78 Å². The number of carbonyl (C=O) groups is 1. The fraction of sp³-hybridized carbons (Fsp3) is 0.636. The zero-order valence-electron chi connectivity index (χ0n) is 9.31. The standard InChI is InChI=1S/C11H16N2O2S/c1-15-10(14)11(6-12,8-2-3-8)4-9-5-13-7-16-9/h5,7-8H,2-4,6,12H2,1H3. The van der Waals surface area contributed by atoms with E-state index in [0.29, 0.717) is 18.9 Å². The molecule has 4 nitrogen and oxygen atoms in total. The Hall–Kier alpha value is -0.940. The van der Waals surface area contributed by atoms with Crippen LogP contribution in [0.5, 0.6) is 0 Å². The molecule has 1 unspecified atom stereocenters. The van der Waals surface area contributed by atoms with Crippen molar-refractivity contribution in [2.45, 2.75) is 19.3 Å². The van der Waals surface area contributed by atoms with E-state index in [1.165, 1.54) is 7.11 Å². The molecule has 1 aliphatic rings. The topological polar surface area (TPSA) is 65.2 Å². The van der Waals surface area contributed by atoms with Gasteiger partial charge < -0.3 is 10.5 Å². The van der Waals surface area contributed by atoms with Gasteiger partial charge in [0.05, 0.1) is 18.0 Å². The average Bonchev–Trinajstić information content (AvgIpc) is 3.04. The first-order valence-electron chi connectivity index (χ1n) is 5.39. The molecule has 0 bridgehead atoms. The molecule has 1 atom stereocenters. The summed E-state index contributed by atoms with van der Waals surface area (Å²) in [7, 11) is 1.43. The second-order valence-corrected chi connectivity index (χ2v) is 5.24. The molecule has 0 spiro atoms. The lowest BCUT2D eigenvalue weighted by atomic mass is 9.79. The highest BCUT2D eigenvalue weighted by molar-refractivity contribution is 7.09. The maximum atomic E-state index is 12.0. The van der Waals surface area contributed by atoms with Gasteiger partial charge in [-0.2, -0.15) is 0 Å². The maximum absolute atomic E-state index is 12.0. The molecule has 2 N–H and O–H groups in total. The fourth-order valence-electron chi connectivity index (χ4n) is 2.18. The quantitative estimate of drug-likeness (QED) is 0.786. The monoisotopic (exact) mass is 240 g/mol. The number of hydrogen-bond donors (Lipinski definition) is 1. The van der Waals surface area contributed by atoms with Crippen molar-refractivity contribution in [1.82, 2.24) is 4.98 Å². The molecule has 1 aromatic heterocycles. The lowest BCUT2D eigenvalue weighted by Gasteiger charge is -2.28. The van der Waals surface area contributed by atoms with Gasteiger partial charge in [0.1, 0.15) is 0 Å². The Balaban J connectivity index is 2.22. The van der Waals surface area contributed by atoms with Crippen LogP contribution in [0, 0.1) is 11.3 Å². The molecular formula is C11H16N2O2S. The van der Waals surface area contributed by atoms with Crippen LogP contribution >= 0.6 is 11.3 Å². The van der Waals surface area contributed by atoms with Crippen LogP contribution in [-0.2, 0) is 16.0 Å². The van der Waals surface area contributed by atoms with Crippen LogP contribution in [0.3, 0.4) is 0 Å². The number of carbonyl (C=O) groups excluding carboxylic acids is 1. The Kier molecular flexibility index (Phi) is 3.25. The number of hydrogen-bond acceptors (Lipinski definition) is 5. The van der Waals surface area contributed by atoms with Crippen LogP contribution in [0.1, 0.15) is 17.7 Å². The van der Waals surface area contributed by atoms with Crippen molar-refractivity contribution in [3.8, 4) is 0 Å². The van der Waals surface area contributed by atoms with Crippen molar-refractivity contribution in [3.63, 3.8) is 0 Å². The molecule has 88 valence electrons. The number of thiazole rings is 1. The van der Waals surface area contributed by atoms with Crippen molar-refractivity contribution >= 4 is 17.3 Å². The molecule has 0 aliphatic heterocycles. The summed E-state index contributed by atoms with van der Waals surface area (Å²) in [6.45, 7) is 0.349. The minimum absolute atomic E-state index is 0.175. The minimum atomic E-state index is -0.527. The van der Waals surface area contributed by atoms with Gasteiger partial charge in [0.25, 0.3) is 0 Å². The Morgan fingerprint density at radius 3 is 2.94 bits per heavy atom. The Morgan fingerprint density at radius 1 is 1.75 bits per heavy atom. The summed E-state index contributed by atoms with van der Waals surface area (Å²) in [5.41, 5.74) is 7.08. The highest BCUT2D eigenvalue weighted by atomic mass is 32.1. The van der Waals surface area contributed by atoms with E-state index < -0.39 is 5.41 Å². The highest BCUT2D eigenvalue weighted by Crippen LogP contribution is 2.48. The van der Waals surface area contributed by atoms with Crippen LogP contribution in [-0.4, -0.2) is 24.6 Å². The predicted octanol–water partition coefficient (Wildman–Crippen LogP) is 1.21. The third-order valence-electron chi connectivity index (χ3n) is 3.29. The van der Waals surface area contributed by atoms with E-state index in [0.717, 1.165) is 17.7 Å². The van der Waals surface area contributed by atoms with Crippen molar-refractivity contribution in [3.05, 3.63) is 16.6 Å². The molecule has 0 aromatic carbocycles. The Bertz CT molecular complexity index is 362. The first-order chi connectivity index (χ1) is 7.73. The number of nitrogens with zero attached hydrogens (tertiary/aromatic N) is 1. The molecule has 16 heavy (non-hydrogen) atoms. The second-order valence-electron chi connectivity index (χ2n) is 4.27. The lowest BCUT2D eigenvalue weighted by Crippen LogP contribution is -2.43. The number of esters is 1. The van der Waals surface area contributed by atoms with E-state index in [-0.39, 0.29) is 5.97 Å². The Labute approximate surface area is 98.8 Å². The van der Waals surface area contributed by atoms with Crippen molar-refractivity contribution in [1.29, 1.82) is 0 Å². The number of nitrogens with two attached hydrogens (primary N) is 1. The van der Waals surface area contributed by atoms with Crippen LogP contribution in [0.25, 0.3) is 0 Å². The van der Waals surface area contributed by atoms with E-state index in [1.54, 1.807) is 23.0 Å². The molecular weight excluding hydrogens is 224 g/mol. The fourth-order valence-corrected chi connectivity index (χ4v) is 2.90. The van der Waals surface area contributed by atoms with Gasteiger partial charge in [0.2, 0.25) is 0 Å². The largest absolute Gasteiger partial charge is 0.469 e. The molecule has 1 aliphatic carbocycles. The van der Waals surface area contributed by atoms with Gasteiger partial charge in [-0.1, -0.05) is 0 Å². The number of methoxy groups -OCH3 is 1. The van der Waals surface area contributed by atoms with E-state index in [9.17, 15) is 4.79 Å². The molecule has 1 fully saturated rings. The van der Waals surface area contributed by atoms with Crippen LogP contribution in [0.2, 0.25) is 0 Å². The van der Waals surface area contributed by atoms with Crippen molar-refractivity contribution in [2.24, 2.45) is 17.1 Å². The first kappa shape index (κ1) is 11.5. The van der Waals surface area contributed by atoms with E-state index in [4.69, 9.17) is 10.5 Å². The highest BCUT2D eigenvalue weighted by Gasteiger charge is 2.51. The summed E-state index contributed by atoms with van der Waals surface area (Å²) >= 11 is 1.56. The minimum Gasteiger partial charge on any atom is -0.469 e. The normalized spacial score (nSPS) is 19.1. The molecule has 1 heterocycles. The molecule has 2 rings (SSSR count). The number of aromatic nitrogens is 1. The van der Waals surface area contributed by atoms with E-state index in [2.05, 4.69) is 4.98 Å². The molecule has 1 aromatic rings. The third-order valence-corrected chi connectivity index (χ3v) is 4.07. The summed E-state index contributed by atoms with van der Waals surface area (Å²) < 4.78 is 4.92. The molecule has 0 amide bonds. The van der Waals surface area contributed by atoms with Gasteiger partial charge in [-0.05, 0) is 18.8 Å². The van der Waals surface area contributed by atoms with Crippen molar-refractivity contribution in [2.75, 3.05) is 13.7 Å². The number of rotatable bonds is 5. The lowest BCUT2D eigenvalue weighted by molar-refractivity contribution is -0.153. The smallest absolute Gasteiger partial charge is 0.313 e. The summed E-state index contributed by atoms with van der Waals surface area (Å²) in [5.74, 6) is 0.206. The third kappa shape index (κ3) is 1.97. The molecule has 0 saturated heterocycles. The summed E-state index contributed by atoms with van der Waals surface area (Å²) in [6.07, 6.45) is 4.61. The second kappa shape index (κ2) is 4.51. The zero-order valence-corrected chi connectivity index (χ0v) is 10.1. The van der Waals surface area contributed by atoms with Gasteiger partial charge in [-0.25, -0.2) is 0 Å². The molecule has 0 radical (unpaired) electrons. The molecule has 5 heteroatoms. The Morgan fingerprint density at radius 2 is 2.50 bits per heavy atom. The van der Waals surface area contributed by atoms with E-state index >= 15 is 0 Å². The zero-order chi connectivity index (χ0) is 11.6. The SMILES string of the molecule is COC(=O)C(CN)(Cc1cncs1)C1CC1. The van der Waals surface area contributed by atoms with E-state index in [1.807, 2.05) is 0 Å². The predicted molar refractivity (Wildman–Crippen MR) is 62.0 cm³/mol. The summed E-state index contributed by atoms with van der Waals surface area (Å²) in [4.78, 5) is 17.1.